The minimum absolute atomic E-state index is 0.470. The van der Waals surface area contributed by atoms with E-state index < -0.39 is 9.24 Å². The maximum absolute atomic E-state index is 10.6. The summed E-state index contributed by atoms with van der Waals surface area (Å²) in [5.41, 5.74) is 0. The molecule has 1 N–H and O–H groups in total. The van der Waals surface area contributed by atoms with Crippen LogP contribution >= 0.6 is 10.7 Å². The molecule has 0 aromatic rings. The van der Waals surface area contributed by atoms with Crippen molar-refractivity contribution < 1.29 is 8.42 Å². The lowest BCUT2D eigenvalue weighted by molar-refractivity contribution is 0.283. The SMILES string of the molecule is CC1CCCC(CNS(=O)(=O)Cl)C1. The average molecular weight is 226 g/mol. The Morgan fingerprint density at radius 1 is 1.46 bits per heavy atom. The van der Waals surface area contributed by atoms with E-state index in [1.807, 2.05) is 0 Å². The molecule has 2 atom stereocenters. The molecule has 5 heteroatoms. The van der Waals surface area contributed by atoms with E-state index in [0.29, 0.717) is 12.5 Å². The minimum Gasteiger partial charge on any atom is -0.202 e. The summed E-state index contributed by atoms with van der Waals surface area (Å²) in [6.45, 7) is 2.71. The largest absolute Gasteiger partial charge is 0.297 e. The van der Waals surface area contributed by atoms with Crippen molar-refractivity contribution in [2.24, 2.45) is 11.8 Å². The van der Waals surface area contributed by atoms with Crippen molar-refractivity contribution in [3.8, 4) is 0 Å². The van der Waals surface area contributed by atoms with Crippen molar-refractivity contribution in [1.29, 1.82) is 0 Å². The fourth-order valence-electron chi connectivity index (χ4n) is 1.96. The van der Waals surface area contributed by atoms with Crippen LogP contribution in [0.1, 0.15) is 32.6 Å². The van der Waals surface area contributed by atoms with E-state index in [9.17, 15) is 8.42 Å². The Hall–Kier alpha value is 0.200. The lowest BCUT2D eigenvalue weighted by Crippen LogP contribution is -2.28. The van der Waals surface area contributed by atoms with Crippen LogP contribution in [0.2, 0.25) is 0 Å². The molecule has 2 unspecified atom stereocenters. The predicted octanol–water partition coefficient (Wildman–Crippen LogP) is 1.89. The molecule has 1 rings (SSSR count). The third-order valence-electron chi connectivity index (χ3n) is 2.59. The highest BCUT2D eigenvalue weighted by atomic mass is 35.7. The molecule has 0 spiro atoms. The smallest absolute Gasteiger partial charge is 0.202 e. The number of hydrogen-bond acceptors (Lipinski definition) is 2. The molecular weight excluding hydrogens is 210 g/mol. The van der Waals surface area contributed by atoms with Crippen LogP contribution < -0.4 is 4.72 Å². The Balaban J connectivity index is 2.29. The molecule has 0 amide bonds. The molecule has 13 heavy (non-hydrogen) atoms. The van der Waals surface area contributed by atoms with Gasteiger partial charge in [-0.1, -0.05) is 19.8 Å². The first kappa shape index (κ1) is 11.3. The molecular formula is C8H16ClNO2S. The van der Waals surface area contributed by atoms with E-state index in [-0.39, 0.29) is 0 Å². The first-order chi connectivity index (χ1) is 5.97. The second kappa shape index (κ2) is 4.62. The maximum atomic E-state index is 10.6. The average Bonchev–Trinajstić information content (AvgIpc) is 2.00. The summed E-state index contributed by atoms with van der Waals surface area (Å²) in [6, 6.07) is 0. The van der Waals surface area contributed by atoms with Crippen molar-refractivity contribution >= 4 is 19.9 Å². The highest BCUT2D eigenvalue weighted by molar-refractivity contribution is 8.12. The van der Waals surface area contributed by atoms with Gasteiger partial charge < -0.3 is 0 Å². The van der Waals surface area contributed by atoms with Crippen molar-refractivity contribution in [1.82, 2.24) is 4.72 Å². The quantitative estimate of drug-likeness (QED) is 0.746. The molecule has 0 saturated heterocycles. The van der Waals surface area contributed by atoms with Crippen LogP contribution in [0, 0.1) is 11.8 Å². The molecule has 0 heterocycles. The Labute approximate surface area is 84.4 Å². The second-order valence-electron chi connectivity index (χ2n) is 3.92. The Morgan fingerprint density at radius 2 is 2.15 bits per heavy atom. The normalized spacial score (nSPS) is 30.3. The van der Waals surface area contributed by atoms with Gasteiger partial charge in [0.2, 0.25) is 0 Å². The number of rotatable bonds is 3. The van der Waals surface area contributed by atoms with Gasteiger partial charge in [-0.05, 0) is 24.7 Å². The first-order valence-corrected chi connectivity index (χ1v) is 6.97. The lowest BCUT2D eigenvalue weighted by atomic mass is 9.83. The number of hydrogen-bond donors (Lipinski definition) is 1. The van der Waals surface area contributed by atoms with E-state index in [1.54, 1.807) is 0 Å². The van der Waals surface area contributed by atoms with Gasteiger partial charge in [-0.15, -0.1) is 0 Å². The zero-order valence-electron chi connectivity index (χ0n) is 7.79. The zero-order chi connectivity index (χ0) is 9.90. The van der Waals surface area contributed by atoms with Crippen molar-refractivity contribution in [3.05, 3.63) is 0 Å². The highest BCUT2D eigenvalue weighted by Gasteiger charge is 2.19. The van der Waals surface area contributed by atoms with E-state index in [0.717, 1.165) is 18.8 Å². The van der Waals surface area contributed by atoms with Gasteiger partial charge >= 0.3 is 0 Å². The van der Waals surface area contributed by atoms with E-state index in [1.165, 1.54) is 12.8 Å². The molecule has 0 aliphatic heterocycles. The summed E-state index contributed by atoms with van der Waals surface area (Å²) in [5.74, 6) is 1.19. The Bertz CT molecular complexity index is 253. The Morgan fingerprint density at radius 3 is 2.69 bits per heavy atom. The third kappa shape index (κ3) is 4.84. The monoisotopic (exact) mass is 225 g/mol. The zero-order valence-corrected chi connectivity index (χ0v) is 9.37. The molecule has 1 aliphatic carbocycles. The third-order valence-corrected chi connectivity index (χ3v) is 3.43. The second-order valence-corrected chi connectivity index (χ2v) is 6.31. The molecule has 1 aliphatic rings. The van der Waals surface area contributed by atoms with Gasteiger partial charge in [0, 0.05) is 17.2 Å². The van der Waals surface area contributed by atoms with E-state index in [4.69, 9.17) is 10.7 Å². The summed E-state index contributed by atoms with van der Waals surface area (Å²) < 4.78 is 23.6. The number of nitrogens with one attached hydrogen (secondary N) is 1. The number of halogens is 1. The lowest BCUT2D eigenvalue weighted by Gasteiger charge is -2.26. The van der Waals surface area contributed by atoms with Gasteiger partial charge in [-0.3, -0.25) is 0 Å². The van der Waals surface area contributed by atoms with Gasteiger partial charge in [0.15, 0.2) is 0 Å². The molecule has 78 valence electrons. The van der Waals surface area contributed by atoms with Crippen LogP contribution in [0.3, 0.4) is 0 Å². The summed E-state index contributed by atoms with van der Waals surface area (Å²) in [5, 5.41) is 0. The molecule has 0 radical (unpaired) electrons. The standard InChI is InChI=1S/C8H16ClNO2S/c1-7-3-2-4-8(5-7)6-10-13(9,11)12/h7-8,10H,2-6H2,1H3. The van der Waals surface area contributed by atoms with Crippen LogP contribution in [0.25, 0.3) is 0 Å². The Kier molecular flexibility index (Phi) is 4.01. The summed E-state index contributed by atoms with van der Waals surface area (Å²) in [6.07, 6.45) is 4.70. The van der Waals surface area contributed by atoms with Crippen LogP contribution in [0.5, 0.6) is 0 Å². The topological polar surface area (TPSA) is 46.2 Å². The van der Waals surface area contributed by atoms with Gasteiger partial charge in [0.1, 0.15) is 0 Å². The predicted molar refractivity (Wildman–Crippen MR) is 53.9 cm³/mol. The molecule has 3 nitrogen and oxygen atoms in total. The minimum atomic E-state index is -3.52. The summed E-state index contributed by atoms with van der Waals surface area (Å²) in [7, 11) is 1.53. The van der Waals surface area contributed by atoms with Gasteiger partial charge in [0.05, 0.1) is 0 Å². The van der Waals surface area contributed by atoms with Crippen LogP contribution in [-0.4, -0.2) is 15.0 Å². The maximum Gasteiger partial charge on any atom is 0.297 e. The fraction of sp³-hybridized carbons (Fsp3) is 1.00. The van der Waals surface area contributed by atoms with E-state index >= 15 is 0 Å². The first-order valence-electron chi connectivity index (χ1n) is 4.66. The van der Waals surface area contributed by atoms with Gasteiger partial charge in [0.25, 0.3) is 9.24 Å². The van der Waals surface area contributed by atoms with Crippen molar-refractivity contribution in [2.75, 3.05) is 6.54 Å². The van der Waals surface area contributed by atoms with Gasteiger partial charge in [-0.2, -0.15) is 8.42 Å². The molecule has 0 bridgehead atoms. The molecule has 0 aromatic heterocycles. The fourth-order valence-corrected chi connectivity index (χ4v) is 2.59. The molecule has 0 aromatic carbocycles. The van der Waals surface area contributed by atoms with Crippen LogP contribution in [-0.2, 0) is 9.24 Å². The molecule has 1 fully saturated rings. The van der Waals surface area contributed by atoms with Gasteiger partial charge in [-0.25, -0.2) is 4.72 Å². The molecule has 1 saturated carbocycles. The van der Waals surface area contributed by atoms with Crippen molar-refractivity contribution in [3.63, 3.8) is 0 Å². The highest BCUT2D eigenvalue weighted by Crippen LogP contribution is 2.28. The van der Waals surface area contributed by atoms with Crippen LogP contribution in [0.15, 0.2) is 0 Å². The van der Waals surface area contributed by atoms with Crippen LogP contribution in [0.4, 0.5) is 0 Å². The summed E-state index contributed by atoms with van der Waals surface area (Å²) >= 11 is 0. The van der Waals surface area contributed by atoms with E-state index in [2.05, 4.69) is 11.6 Å². The van der Waals surface area contributed by atoms with Crippen molar-refractivity contribution in [2.45, 2.75) is 32.6 Å². The summed E-state index contributed by atoms with van der Waals surface area (Å²) in [4.78, 5) is 0.